The van der Waals surface area contributed by atoms with Gasteiger partial charge in [0.05, 0.1) is 27.3 Å². The van der Waals surface area contributed by atoms with Gasteiger partial charge >= 0.3 is 0 Å². The lowest BCUT2D eigenvalue weighted by Gasteiger charge is -2.12. The van der Waals surface area contributed by atoms with Crippen molar-refractivity contribution in [1.29, 1.82) is 0 Å². The summed E-state index contributed by atoms with van der Waals surface area (Å²) < 4.78 is 11.5. The molecule has 0 saturated carbocycles. The van der Waals surface area contributed by atoms with E-state index >= 15 is 0 Å². The molecular weight excluding hydrogens is 461 g/mol. The molecule has 7 heteroatoms. The summed E-state index contributed by atoms with van der Waals surface area (Å²) in [6.07, 6.45) is 5.24. The standard InChI is InChI=1S/C15H20BrN3O2.HI/c1-5-7-18-15(17-6-2)19-10-11-8-13(20-3)14(21-4)9-12(11)16;/h1,8-9H,6-7,10H2,2-4H3,(H2,17,18,19);1H. The van der Waals surface area contributed by atoms with E-state index < -0.39 is 0 Å². The summed E-state index contributed by atoms with van der Waals surface area (Å²) in [5.41, 5.74) is 0.991. The van der Waals surface area contributed by atoms with Gasteiger partial charge in [-0.15, -0.1) is 30.4 Å². The molecule has 2 N–H and O–H groups in total. The molecule has 0 saturated heterocycles. The SMILES string of the molecule is C#CCNC(=NCc1cc(OC)c(OC)cc1Br)NCC.I. The molecule has 0 unspecified atom stereocenters. The molecule has 0 spiro atoms. The highest BCUT2D eigenvalue weighted by atomic mass is 127. The van der Waals surface area contributed by atoms with Crippen LogP contribution < -0.4 is 20.1 Å². The second kappa shape index (κ2) is 11.4. The van der Waals surface area contributed by atoms with Crippen LogP contribution in [-0.2, 0) is 6.54 Å². The maximum atomic E-state index is 5.30. The van der Waals surface area contributed by atoms with Crippen LogP contribution in [0.25, 0.3) is 0 Å². The van der Waals surface area contributed by atoms with Crippen LogP contribution in [-0.4, -0.2) is 33.3 Å². The largest absolute Gasteiger partial charge is 0.493 e. The van der Waals surface area contributed by atoms with Crippen molar-refractivity contribution in [2.75, 3.05) is 27.3 Å². The van der Waals surface area contributed by atoms with E-state index in [1.807, 2.05) is 19.1 Å². The number of hydrogen-bond acceptors (Lipinski definition) is 3. The third-order valence-electron chi connectivity index (χ3n) is 2.66. The predicted octanol–water partition coefficient (Wildman–Crippen LogP) is 2.77. The van der Waals surface area contributed by atoms with Crippen molar-refractivity contribution in [3.8, 4) is 23.8 Å². The topological polar surface area (TPSA) is 54.9 Å². The predicted molar refractivity (Wildman–Crippen MR) is 104 cm³/mol. The molecule has 5 nitrogen and oxygen atoms in total. The first kappa shape index (κ1) is 20.9. The molecule has 0 amide bonds. The number of nitrogens with one attached hydrogen (secondary N) is 2. The van der Waals surface area contributed by atoms with Gasteiger partial charge in [-0.2, -0.15) is 0 Å². The first-order valence-electron chi connectivity index (χ1n) is 6.52. The first-order valence-corrected chi connectivity index (χ1v) is 7.31. The Kier molecular flexibility index (Phi) is 10.8. The molecule has 0 heterocycles. The maximum Gasteiger partial charge on any atom is 0.192 e. The van der Waals surface area contributed by atoms with Crippen molar-refractivity contribution < 1.29 is 9.47 Å². The van der Waals surface area contributed by atoms with Gasteiger partial charge in [0.25, 0.3) is 0 Å². The highest BCUT2D eigenvalue weighted by Crippen LogP contribution is 2.33. The Balaban J connectivity index is 0.00000441. The minimum absolute atomic E-state index is 0. The van der Waals surface area contributed by atoms with Gasteiger partial charge in [0, 0.05) is 11.0 Å². The molecule has 22 heavy (non-hydrogen) atoms. The monoisotopic (exact) mass is 481 g/mol. The third kappa shape index (κ3) is 6.32. The summed E-state index contributed by atoms with van der Waals surface area (Å²) in [4.78, 5) is 4.49. The second-order valence-electron chi connectivity index (χ2n) is 4.05. The number of methoxy groups -OCH3 is 2. The van der Waals surface area contributed by atoms with Crippen LogP contribution in [0.3, 0.4) is 0 Å². The van der Waals surface area contributed by atoms with E-state index in [4.69, 9.17) is 15.9 Å². The van der Waals surface area contributed by atoms with Crippen molar-refractivity contribution in [2.24, 2.45) is 4.99 Å². The van der Waals surface area contributed by atoms with Gasteiger partial charge < -0.3 is 20.1 Å². The van der Waals surface area contributed by atoms with E-state index in [0.29, 0.717) is 30.5 Å². The number of nitrogens with zero attached hydrogens (tertiary/aromatic N) is 1. The minimum Gasteiger partial charge on any atom is -0.493 e. The minimum atomic E-state index is 0. The van der Waals surface area contributed by atoms with Gasteiger partial charge in [-0.3, -0.25) is 0 Å². The summed E-state index contributed by atoms with van der Waals surface area (Å²) in [5, 5.41) is 6.17. The second-order valence-corrected chi connectivity index (χ2v) is 4.91. The van der Waals surface area contributed by atoms with Crippen molar-refractivity contribution in [3.05, 3.63) is 22.2 Å². The molecule has 0 bridgehead atoms. The molecule has 0 aromatic heterocycles. The lowest BCUT2D eigenvalue weighted by Crippen LogP contribution is -2.37. The van der Waals surface area contributed by atoms with Gasteiger partial charge in [0.2, 0.25) is 0 Å². The van der Waals surface area contributed by atoms with Crippen LogP contribution in [0.1, 0.15) is 12.5 Å². The summed E-state index contributed by atoms with van der Waals surface area (Å²) in [6.45, 7) is 3.68. The molecular formula is C15H21BrIN3O2. The average molecular weight is 482 g/mol. The van der Waals surface area contributed by atoms with Crippen molar-refractivity contribution in [2.45, 2.75) is 13.5 Å². The van der Waals surface area contributed by atoms with Crippen LogP contribution in [0.4, 0.5) is 0 Å². The molecule has 122 valence electrons. The summed E-state index contributed by atoms with van der Waals surface area (Å²) in [5.74, 6) is 4.55. The Morgan fingerprint density at radius 2 is 1.91 bits per heavy atom. The molecule has 0 aliphatic carbocycles. The molecule has 0 fully saturated rings. The quantitative estimate of drug-likeness (QED) is 0.284. The van der Waals surface area contributed by atoms with E-state index in [0.717, 1.165) is 16.6 Å². The molecule has 1 aromatic carbocycles. The fraction of sp³-hybridized carbons (Fsp3) is 0.400. The molecule has 0 atom stereocenters. The molecule has 0 aliphatic rings. The summed E-state index contributed by atoms with van der Waals surface area (Å²) in [6, 6.07) is 3.77. The zero-order valence-electron chi connectivity index (χ0n) is 12.9. The average Bonchev–Trinajstić information content (AvgIpc) is 2.50. The molecule has 1 aromatic rings. The maximum absolute atomic E-state index is 5.30. The van der Waals surface area contributed by atoms with Gasteiger partial charge in [0.1, 0.15) is 0 Å². The lowest BCUT2D eigenvalue weighted by atomic mass is 10.2. The fourth-order valence-electron chi connectivity index (χ4n) is 1.66. The zero-order chi connectivity index (χ0) is 15.7. The zero-order valence-corrected chi connectivity index (χ0v) is 16.8. The van der Waals surface area contributed by atoms with E-state index in [1.165, 1.54) is 0 Å². The Morgan fingerprint density at radius 3 is 2.45 bits per heavy atom. The van der Waals surface area contributed by atoms with Crippen molar-refractivity contribution in [3.63, 3.8) is 0 Å². The van der Waals surface area contributed by atoms with Crippen molar-refractivity contribution in [1.82, 2.24) is 10.6 Å². The number of rotatable bonds is 6. The normalized spacial score (nSPS) is 10.2. The summed E-state index contributed by atoms with van der Waals surface area (Å²) in [7, 11) is 3.21. The number of benzene rings is 1. The molecule has 0 radical (unpaired) electrons. The molecule has 1 rings (SSSR count). The van der Waals surface area contributed by atoms with Crippen LogP contribution in [0.5, 0.6) is 11.5 Å². The van der Waals surface area contributed by atoms with Gasteiger partial charge in [-0.1, -0.05) is 21.9 Å². The number of hydrogen-bond donors (Lipinski definition) is 2. The van der Waals surface area contributed by atoms with E-state index in [9.17, 15) is 0 Å². The number of halogens is 2. The van der Waals surface area contributed by atoms with Crippen LogP contribution in [0.2, 0.25) is 0 Å². The highest BCUT2D eigenvalue weighted by Gasteiger charge is 2.09. The first-order chi connectivity index (χ1) is 10.2. The third-order valence-corrected chi connectivity index (χ3v) is 3.40. The Morgan fingerprint density at radius 1 is 1.27 bits per heavy atom. The summed E-state index contributed by atoms with van der Waals surface area (Å²) >= 11 is 3.52. The number of guanidine groups is 1. The number of aliphatic imine (C=N–C) groups is 1. The van der Waals surface area contributed by atoms with Crippen LogP contribution in [0.15, 0.2) is 21.6 Å². The van der Waals surface area contributed by atoms with Gasteiger partial charge in [-0.05, 0) is 24.6 Å². The Labute approximate surface area is 157 Å². The van der Waals surface area contributed by atoms with Crippen molar-refractivity contribution >= 4 is 45.9 Å². The smallest absolute Gasteiger partial charge is 0.192 e. The Bertz CT molecular complexity index is 544. The van der Waals surface area contributed by atoms with Gasteiger partial charge in [-0.25, -0.2) is 4.99 Å². The highest BCUT2D eigenvalue weighted by molar-refractivity contribution is 14.0. The number of terminal acetylenes is 1. The lowest BCUT2D eigenvalue weighted by molar-refractivity contribution is 0.354. The van der Waals surface area contributed by atoms with Crippen LogP contribution >= 0.6 is 39.9 Å². The van der Waals surface area contributed by atoms with Gasteiger partial charge in [0.15, 0.2) is 17.5 Å². The van der Waals surface area contributed by atoms with E-state index in [2.05, 4.69) is 37.5 Å². The van der Waals surface area contributed by atoms with E-state index in [-0.39, 0.29) is 24.0 Å². The number of ether oxygens (including phenoxy) is 2. The fourth-order valence-corrected chi connectivity index (χ4v) is 2.11. The Hall–Kier alpha value is -1.14. The van der Waals surface area contributed by atoms with E-state index in [1.54, 1.807) is 14.2 Å². The molecule has 0 aliphatic heterocycles. The van der Waals surface area contributed by atoms with Crippen LogP contribution in [0, 0.1) is 12.3 Å².